The Morgan fingerprint density at radius 2 is 1.30 bits per heavy atom. The van der Waals surface area contributed by atoms with Crippen molar-refractivity contribution < 1.29 is 9.59 Å². The van der Waals surface area contributed by atoms with E-state index in [1.165, 1.54) is 11.8 Å². The topological polar surface area (TPSA) is 34.1 Å². The van der Waals surface area contributed by atoms with Crippen molar-refractivity contribution in [3.05, 3.63) is 75.1 Å². The molecule has 0 fully saturated rings. The zero-order chi connectivity index (χ0) is 14.1. The van der Waals surface area contributed by atoms with Crippen molar-refractivity contribution in [3.63, 3.8) is 0 Å². The van der Waals surface area contributed by atoms with E-state index < -0.39 is 0 Å². The Bertz CT molecular complexity index is 735. The quantitative estimate of drug-likeness (QED) is 0.806. The summed E-state index contributed by atoms with van der Waals surface area (Å²) in [6.07, 6.45) is 0. The smallest absolute Gasteiger partial charge is 0.202 e. The second-order valence-electron chi connectivity index (χ2n) is 4.26. The molecule has 2 aromatic rings. The van der Waals surface area contributed by atoms with Crippen molar-refractivity contribution in [1.29, 1.82) is 0 Å². The van der Waals surface area contributed by atoms with Crippen LogP contribution < -0.4 is 0 Å². The van der Waals surface area contributed by atoms with E-state index in [9.17, 15) is 9.59 Å². The molecule has 0 saturated carbocycles. The Balaban J connectivity index is 2.06. The maximum absolute atomic E-state index is 12.5. The van der Waals surface area contributed by atoms with E-state index in [-0.39, 0.29) is 11.6 Å². The SMILES string of the molecule is O=C1C(Br)=C(Sc2ccccc2)C(=O)c2ccccc21. The van der Waals surface area contributed by atoms with E-state index in [0.29, 0.717) is 20.5 Å². The zero-order valence-corrected chi connectivity index (χ0v) is 12.7. The van der Waals surface area contributed by atoms with Crippen molar-refractivity contribution in [2.75, 3.05) is 0 Å². The molecule has 0 N–H and O–H groups in total. The third kappa shape index (κ3) is 2.25. The lowest BCUT2D eigenvalue weighted by atomic mass is 9.95. The lowest BCUT2D eigenvalue weighted by Crippen LogP contribution is -2.18. The van der Waals surface area contributed by atoms with Crippen LogP contribution in [0.3, 0.4) is 0 Å². The van der Waals surface area contributed by atoms with Gasteiger partial charge in [-0.15, -0.1) is 0 Å². The molecule has 2 nitrogen and oxygen atoms in total. The molecule has 3 rings (SSSR count). The Morgan fingerprint density at radius 3 is 1.95 bits per heavy atom. The fourth-order valence-electron chi connectivity index (χ4n) is 2.02. The van der Waals surface area contributed by atoms with Crippen LogP contribution in [0.1, 0.15) is 20.7 Å². The molecule has 20 heavy (non-hydrogen) atoms. The van der Waals surface area contributed by atoms with Crippen molar-refractivity contribution in [1.82, 2.24) is 0 Å². The highest BCUT2D eigenvalue weighted by Crippen LogP contribution is 2.38. The molecule has 0 aromatic heterocycles. The van der Waals surface area contributed by atoms with Gasteiger partial charge in [-0.3, -0.25) is 9.59 Å². The molecule has 0 radical (unpaired) electrons. The summed E-state index contributed by atoms with van der Waals surface area (Å²) in [6.45, 7) is 0. The molecule has 98 valence electrons. The molecular formula is C16H9BrO2S. The van der Waals surface area contributed by atoms with Gasteiger partial charge in [0.05, 0.1) is 9.39 Å². The average Bonchev–Trinajstić information content (AvgIpc) is 2.50. The van der Waals surface area contributed by atoms with Crippen LogP contribution in [0.25, 0.3) is 0 Å². The number of carbonyl (C=O) groups is 2. The minimum atomic E-state index is -0.140. The summed E-state index contributed by atoms with van der Waals surface area (Å²) in [5.74, 6) is -0.250. The van der Waals surface area contributed by atoms with Crippen LogP contribution in [0, 0.1) is 0 Å². The minimum absolute atomic E-state index is 0.110. The molecule has 0 bridgehead atoms. The molecule has 0 atom stereocenters. The van der Waals surface area contributed by atoms with Gasteiger partial charge >= 0.3 is 0 Å². The van der Waals surface area contributed by atoms with Crippen molar-refractivity contribution in [3.8, 4) is 0 Å². The van der Waals surface area contributed by atoms with E-state index in [1.54, 1.807) is 24.3 Å². The number of hydrogen-bond donors (Lipinski definition) is 0. The first kappa shape index (κ1) is 13.3. The first-order chi connectivity index (χ1) is 9.68. The maximum atomic E-state index is 12.5. The summed E-state index contributed by atoms with van der Waals surface area (Å²) in [4.78, 5) is 26.2. The third-order valence-corrected chi connectivity index (χ3v) is 5.10. The third-order valence-electron chi connectivity index (χ3n) is 2.98. The molecular weight excluding hydrogens is 336 g/mol. The lowest BCUT2D eigenvalue weighted by Gasteiger charge is -2.17. The molecule has 0 spiro atoms. The number of halogens is 1. The van der Waals surface area contributed by atoms with Gasteiger partial charge in [0.25, 0.3) is 0 Å². The largest absolute Gasteiger partial charge is 0.288 e. The van der Waals surface area contributed by atoms with Crippen molar-refractivity contribution >= 4 is 39.3 Å². The minimum Gasteiger partial charge on any atom is -0.288 e. The molecule has 1 aliphatic rings. The number of benzene rings is 2. The number of fused-ring (bicyclic) bond motifs is 1. The van der Waals surface area contributed by atoms with Gasteiger partial charge in [0.1, 0.15) is 0 Å². The molecule has 2 aromatic carbocycles. The summed E-state index contributed by atoms with van der Waals surface area (Å²) in [5.41, 5.74) is 0.931. The van der Waals surface area contributed by atoms with E-state index in [4.69, 9.17) is 0 Å². The maximum Gasteiger partial charge on any atom is 0.202 e. The predicted octanol–water partition coefficient (Wildman–Crippen LogP) is 4.46. The number of Topliss-reactive ketones (excluding diaryl/α,β-unsaturated/α-hetero) is 2. The number of rotatable bonds is 2. The Morgan fingerprint density at radius 1 is 0.750 bits per heavy atom. The summed E-state index contributed by atoms with van der Waals surface area (Å²) >= 11 is 4.59. The summed E-state index contributed by atoms with van der Waals surface area (Å²) in [7, 11) is 0. The van der Waals surface area contributed by atoms with Crippen LogP contribution in [0.5, 0.6) is 0 Å². The summed E-state index contributed by atoms with van der Waals surface area (Å²) in [5, 5.41) is 0. The van der Waals surface area contributed by atoms with Crippen molar-refractivity contribution in [2.24, 2.45) is 0 Å². The Hall–Kier alpha value is -1.65. The molecule has 0 amide bonds. The number of thioether (sulfide) groups is 1. The number of hydrogen-bond acceptors (Lipinski definition) is 3. The van der Waals surface area contributed by atoms with E-state index in [0.717, 1.165) is 4.90 Å². The van der Waals surface area contributed by atoms with E-state index in [2.05, 4.69) is 15.9 Å². The molecule has 1 aliphatic carbocycles. The van der Waals surface area contributed by atoms with Crippen LogP contribution >= 0.6 is 27.7 Å². The van der Waals surface area contributed by atoms with Crippen LogP contribution in [0.15, 0.2) is 68.9 Å². The molecule has 4 heteroatoms. The van der Waals surface area contributed by atoms with Gasteiger partial charge < -0.3 is 0 Å². The lowest BCUT2D eigenvalue weighted by molar-refractivity contribution is 0.0989. The monoisotopic (exact) mass is 344 g/mol. The second-order valence-corrected chi connectivity index (χ2v) is 6.14. The molecule has 0 saturated heterocycles. The van der Waals surface area contributed by atoms with Gasteiger partial charge in [-0.25, -0.2) is 0 Å². The Labute approximate surface area is 129 Å². The van der Waals surface area contributed by atoms with Gasteiger partial charge in [0.15, 0.2) is 0 Å². The number of carbonyl (C=O) groups excluding carboxylic acids is 2. The first-order valence-corrected chi connectivity index (χ1v) is 7.60. The highest BCUT2D eigenvalue weighted by atomic mass is 79.9. The molecule has 0 aliphatic heterocycles. The summed E-state index contributed by atoms with van der Waals surface area (Å²) in [6, 6.07) is 16.5. The molecule has 0 unspecified atom stereocenters. The van der Waals surface area contributed by atoms with Gasteiger partial charge in [-0.05, 0) is 28.1 Å². The van der Waals surface area contributed by atoms with Gasteiger partial charge in [0.2, 0.25) is 11.6 Å². The fourth-order valence-corrected chi connectivity index (χ4v) is 3.57. The number of ketones is 2. The van der Waals surface area contributed by atoms with Crippen LogP contribution in [-0.2, 0) is 0 Å². The average molecular weight is 345 g/mol. The van der Waals surface area contributed by atoms with Crippen LogP contribution in [-0.4, -0.2) is 11.6 Å². The number of allylic oxidation sites excluding steroid dienone is 2. The van der Waals surface area contributed by atoms with E-state index >= 15 is 0 Å². The normalized spacial score (nSPS) is 14.4. The molecule has 0 heterocycles. The van der Waals surface area contributed by atoms with Crippen LogP contribution in [0.4, 0.5) is 0 Å². The van der Waals surface area contributed by atoms with Gasteiger partial charge in [0, 0.05) is 16.0 Å². The van der Waals surface area contributed by atoms with E-state index in [1.807, 2.05) is 30.3 Å². The Kier molecular flexibility index (Phi) is 3.59. The van der Waals surface area contributed by atoms with Crippen molar-refractivity contribution in [2.45, 2.75) is 4.90 Å². The second kappa shape index (κ2) is 5.38. The standard InChI is InChI=1S/C16H9BrO2S/c17-13-14(18)11-8-4-5-9-12(11)15(19)16(13)20-10-6-2-1-3-7-10/h1-9H. The van der Waals surface area contributed by atoms with Gasteiger partial charge in [-0.2, -0.15) is 0 Å². The first-order valence-electron chi connectivity index (χ1n) is 5.99. The van der Waals surface area contributed by atoms with Crippen LogP contribution in [0.2, 0.25) is 0 Å². The predicted molar refractivity (Wildman–Crippen MR) is 83.4 cm³/mol. The highest BCUT2D eigenvalue weighted by molar-refractivity contribution is 9.12. The highest BCUT2D eigenvalue weighted by Gasteiger charge is 2.31. The van der Waals surface area contributed by atoms with Gasteiger partial charge in [-0.1, -0.05) is 54.2 Å². The fraction of sp³-hybridized carbons (Fsp3) is 0. The summed E-state index contributed by atoms with van der Waals surface area (Å²) < 4.78 is 0.343. The zero-order valence-electron chi connectivity index (χ0n) is 10.3.